The van der Waals surface area contributed by atoms with Gasteiger partial charge in [-0.05, 0) is 23.8 Å². The third kappa shape index (κ3) is 2.45. The summed E-state index contributed by atoms with van der Waals surface area (Å²) >= 11 is 3.04. The molecule has 0 N–H and O–H groups in total. The molecule has 1 aromatic rings. The van der Waals surface area contributed by atoms with Crippen molar-refractivity contribution in [2.75, 3.05) is 0 Å². The summed E-state index contributed by atoms with van der Waals surface area (Å²) in [6.07, 6.45) is 3.16. The molecule has 0 heterocycles. The zero-order chi connectivity index (χ0) is 9.84. The van der Waals surface area contributed by atoms with Crippen LogP contribution in [-0.2, 0) is 4.79 Å². The Bertz CT molecular complexity index is 361. The molecular weight excluding hydrogens is 242 g/mol. The Kier molecular flexibility index (Phi) is 3.31. The topological polar surface area (TPSA) is 17.1 Å². The van der Waals surface area contributed by atoms with Crippen molar-refractivity contribution in [3.63, 3.8) is 0 Å². The number of rotatable bonds is 2. The van der Waals surface area contributed by atoms with Crippen LogP contribution in [0.3, 0.4) is 0 Å². The van der Waals surface area contributed by atoms with Crippen LogP contribution in [-0.4, -0.2) is 6.29 Å². The van der Waals surface area contributed by atoms with Crippen molar-refractivity contribution < 1.29 is 13.6 Å². The smallest absolute Gasteiger partial charge is 0.159 e. The Labute approximate surface area is 82.2 Å². The van der Waals surface area contributed by atoms with Crippen molar-refractivity contribution in [3.8, 4) is 0 Å². The van der Waals surface area contributed by atoms with Crippen LogP contribution in [0.25, 0.3) is 6.08 Å². The quantitative estimate of drug-likeness (QED) is 0.446. The molecule has 0 bridgehead atoms. The Morgan fingerprint density at radius 3 is 2.46 bits per heavy atom. The first-order valence-electron chi connectivity index (χ1n) is 3.41. The highest BCUT2D eigenvalue weighted by atomic mass is 79.9. The molecule has 0 amide bonds. The molecule has 1 nitrogen and oxygen atoms in total. The Morgan fingerprint density at radius 2 is 1.85 bits per heavy atom. The Balaban J connectivity index is 3.15. The average molecular weight is 247 g/mol. The summed E-state index contributed by atoms with van der Waals surface area (Å²) in [5.74, 6) is -1.86. The van der Waals surface area contributed by atoms with Gasteiger partial charge in [-0.25, -0.2) is 8.78 Å². The van der Waals surface area contributed by atoms with E-state index in [2.05, 4.69) is 15.9 Å². The number of halogens is 3. The first kappa shape index (κ1) is 10.1. The SMILES string of the molecule is O=C/C=C/c1cc(F)c(F)cc1Br. The minimum absolute atomic E-state index is 0.407. The fraction of sp³-hybridized carbons (Fsp3) is 0. The first-order chi connectivity index (χ1) is 6.15. The van der Waals surface area contributed by atoms with Gasteiger partial charge in [0.05, 0.1) is 0 Å². The van der Waals surface area contributed by atoms with Gasteiger partial charge in [0.2, 0.25) is 0 Å². The Morgan fingerprint density at radius 1 is 1.23 bits per heavy atom. The summed E-state index contributed by atoms with van der Waals surface area (Å²) in [6.45, 7) is 0. The maximum absolute atomic E-state index is 12.7. The summed E-state index contributed by atoms with van der Waals surface area (Å²) in [4.78, 5) is 9.97. The standard InChI is InChI=1S/C9H5BrF2O/c10-7-5-9(12)8(11)4-6(7)2-1-3-13/h1-5H/b2-1+. The number of aldehydes is 1. The minimum atomic E-state index is -0.936. The highest BCUT2D eigenvalue weighted by Crippen LogP contribution is 2.21. The van der Waals surface area contributed by atoms with Crippen LogP contribution in [0.4, 0.5) is 8.78 Å². The molecule has 4 heteroatoms. The number of allylic oxidation sites excluding steroid dienone is 1. The fourth-order valence-electron chi connectivity index (χ4n) is 0.809. The second kappa shape index (κ2) is 4.28. The van der Waals surface area contributed by atoms with E-state index >= 15 is 0 Å². The van der Waals surface area contributed by atoms with Gasteiger partial charge in [0.15, 0.2) is 11.6 Å². The van der Waals surface area contributed by atoms with Crippen LogP contribution in [0, 0.1) is 11.6 Å². The minimum Gasteiger partial charge on any atom is -0.299 e. The van der Waals surface area contributed by atoms with Crippen LogP contribution < -0.4 is 0 Å². The van der Waals surface area contributed by atoms with Crippen molar-refractivity contribution >= 4 is 28.3 Å². The summed E-state index contributed by atoms with van der Waals surface area (Å²) < 4.78 is 25.7. The molecule has 0 radical (unpaired) electrons. The van der Waals surface area contributed by atoms with E-state index in [9.17, 15) is 13.6 Å². The van der Waals surface area contributed by atoms with Gasteiger partial charge in [0.25, 0.3) is 0 Å². The van der Waals surface area contributed by atoms with Gasteiger partial charge in [-0.2, -0.15) is 0 Å². The van der Waals surface area contributed by atoms with E-state index in [-0.39, 0.29) is 0 Å². The van der Waals surface area contributed by atoms with Crippen molar-refractivity contribution in [3.05, 3.63) is 39.9 Å². The molecule has 13 heavy (non-hydrogen) atoms. The average Bonchev–Trinajstić information content (AvgIpc) is 2.09. The maximum atomic E-state index is 12.7. The van der Waals surface area contributed by atoms with Crippen LogP contribution in [0.1, 0.15) is 5.56 Å². The van der Waals surface area contributed by atoms with E-state index < -0.39 is 11.6 Å². The number of benzene rings is 1. The largest absolute Gasteiger partial charge is 0.299 e. The molecule has 1 rings (SSSR count). The lowest BCUT2D eigenvalue weighted by atomic mass is 10.2. The van der Waals surface area contributed by atoms with Crippen molar-refractivity contribution in [1.82, 2.24) is 0 Å². The monoisotopic (exact) mass is 246 g/mol. The summed E-state index contributed by atoms with van der Waals surface area (Å²) in [5.41, 5.74) is 0.422. The molecule has 68 valence electrons. The van der Waals surface area contributed by atoms with Gasteiger partial charge in [-0.15, -0.1) is 0 Å². The third-order valence-corrected chi connectivity index (χ3v) is 2.08. The van der Waals surface area contributed by atoms with Gasteiger partial charge in [0, 0.05) is 4.47 Å². The molecule has 0 aromatic heterocycles. The highest BCUT2D eigenvalue weighted by molar-refractivity contribution is 9.10. The molecular formula is C9H5BrF2O. The van der Waals surface area contributed by atoms with E-state index in [0.717, 1.165) is 12.1 Å². The van der Waals surface area contributed by atoms with Crippen LogP contribution in [0.2, 0.25) is 0 Å². The summed E-state index contributed by atoms with van der Waals surface area (Å²) in [6, 6.07) is 2.03. The zero-order valence-corrected chi connectivity index (χ0v) is 8.01. The van der Waals surface area contributed by atoms with Gasteiger partial charge < -0.3 is 0 Å². The van der Waals surface area contributed by atoms with Crippen LogP contribution in [0.15, 0.2) is 22.7 Å². The number of carbonyl (C=O) groups is 1. The van der Waals surface area contributed by atoms with Crippen molar-refractivity contribution in [2.45, 2.75) is 0 Å². The van der Waals surface area contributed by atoms with Gasteiger partial charge in [-0.3, -0.25) is 4.79 Å². The molecule has 0 aliphatic carbocycles. The van der Waals surface area contributed by atoms with Gasteiger partial charge in [-0.1, -0.05) is 22.0 Å². The molecule has 0 fully saturated rings. The second-order valence-electron chi connectivity index (χ2n) is 2.28. The predicted octanol–water partition coefficient (Wildman–Crippen LogP) is 2.94. The lowest BCUT2D eigenvalue weighted by molar-refractivity contribution is -0.104. The molecule has 0 aliphatic heterocycles. The molecule has 1 aromatic carbocycles. The lowest BCUT2D eigenvalue weighted by Crippen LogP contribution is -1.86. The first-order valence-corrected chi connectivity index (χ1v) is 4.21. The highest BCUT2D eigenvalue weighted by Gasteiger charge is 2.05. The summed E-state index contributed by atoms with van der Waals surface area (Å²) in [5, 5.41) is 0. The third-order valence-electron chi connectivity index (χ3n) is 1.39. The molecule has 0 spiro atoms. The van der Waals surface area contributed by atoms with E-state index in [4.69, 9.17) is 0 Å². The van der Waals surface area contributed by atoms with E-state index in [1.807, 2.05) is 0 Å². The van der Waals surface area contributed by atoms with Crippen molar-refractivity contribution in [2.24, 2.45) is 0 Å². The molecule has 0 unspecified atom stereocenters. The predicted molar refractivity (Wildman–Crippen MR) is 49.2 cm³/mol. The van der Waals surface area contributed by atoms with Crippen LogP contribution in [0.5, 0.6) is 0 Å². The van der Waals surface area contributed by atoms with Gasteiger partial charge >= 0.3 is 0 Å². The molecule has 0 atom stereocenters. The van der Waals surface area contributed by atoms with Crippen LogP contribution >= 0.6 is 15.9 Å². The maximum Gasteiger partial charge on any atom is 0.159 e. The zero-order valence-electron chi connectivity index (χ0n) is 6.43. The van der Waals surface area contributed by atoms with E-state index in [0.29, 0.717) is 16.3 Å². The fourth-order valence-corrected chi connectivity index (χ4v) is 1.26. The Hall–Kier alpha value is -1.03. The summed E-state index contributed by atoms with van der Waals surface area (Å²) in [7, 11) is 0. The normalized spacial score (nSPS) is 10.7. The van der Waals surface area contributed by atoms with Crippen molar-refractivity contribution in [1.29, 1.82) is 0 Å². The van der Waals surface area contributed by atoms with Gasteiger partial charge in [0.1, 0.15) is 6.29 Å². The second-order valence-corrected chi connectivity index (χ2v) is 3.14. The van der Waals surface area contributed by atoms with E-state index in [1.165, 1.54) is 12.2 Å². The van der Waals surface area contributed by atoms with E-state index in [1.54, 1.807) is 0 Å². The number of hydrogen-bond donors (Lipinski definition) is 0. The number of carbonyl (C=O) groups excluding carboxylic acids is 1. The molecule has 0 saturated carbocycles. The number of hydrogen-bond acceptors (Lipinski definition) is 1. The molecule has 0 saturated heterocycles. The molecule has 0 aliphatic rings. The lowest BCUT2D eigenvalue weighted by Gasteiger charge is -1.98.